The van der Waals surface area contributed by atoms with Gasteiger partial charge in [0.15, 0.2) is 3.95 Å². The molecule has 2 nitrogen and oxygen atoms in total. The second kappa shape index (κ2) is 10.5. The standard InChI is InChI=1S/C24H35FN2S2/c25-20-11-12-22-23(18-20)29-24(28)27(22)15-7-2-1-4-8-19-13-16-26(17-14-19)21-9-5-3-6-10-21/h11-12,18-19,21H,1-10,13-17H2. The van der Waals surface area contributed by atoms with Crippen LogP contribution < -0.4 is 0 Å². The molecule has 1 saturated carbocycles. The van der Waals surface area contributed by atoms with Crippen LogP contribution in [-0.4, -0.2) is 28.6 Å². The largest absolute Gasteiger partial charge is 0.323 e. The number of piperidine rings is 1. The van der Waals surface area contributed by atoms with Crippen molar-refractivity contribution in [1.82, 2.24) is 9.47 Å². The molecule has 2 aliphatic rings. The van der Waals surface area contributed by atoms with E-state index in [1.54, 1.807) is 12.1 Å². The summed E-state index contributed by atoms with van der Waals surface area (Å²) in [6.07, 6.45) is 16.6. The Morgan fingerprint density at radius 1 is 0.966 bits per heavy atom. The number of fused-ring (bicyclic) bond motifs is 1. The van der Waals surface area contributed by atoms with Crippen LogP contribution in [0.3, 0.4) is 0 Å². The van der Waals surface area contributed by atoms with Crippen molar-refractivity contribution in [3.05, 3.63) is 28.0 Å². The average molecular weight is 435 g/mol. The summed E-state index contributed by atoms with van der Waals surface area (Å²) in [6.45, 7) is 3.66. The highest BCUT2D eigenvalue weighted by atomic mass is 32.1. The maximum absolute atomic E-state index is 13.4. The summed E-state index contributed by atoms with van der Waals surface area (Å²) < 4.78 is 17.4. The number of rotatable bonds is 8. The minimum absolute atomic E-state index is 0.175. The highest BCUT2D eigenvalue weighted by Gasteiger charge is 2.25. The molecule has 4 rings (SSSR count). The van der Waals surface area contributed by atoms with Gasteiger partial charge in [-0.2, -0.15) is 0 Å². The van der Waals surface area contributed by atoms with Crippen LogP contribution in [0.1, 0.15) is 77.0 Å². The molecular weight excluding hydrogens is 399 g/mol. The number of hydrogen-bond acceptors (Lipinski definition) is 3. The molecular formula is C24H35FN2S2. The van der Waals surface area contributed by atoms with Gasteiger partial charge in [-0.25, -0.2) is 4.39 Å². The van der Waals surface area contributed by atoms with E-state index in [2.05, 4.69) is 9.47 Å². The highest BCUT2D eigenvalue weighted by Crippen LogP contribution is 2.29. The number of likely N-dealkylation sites (tertiary alicyclic amines) is 1. The molecule has 1 aromatic heterocycles. The fourth-order valence-electron chi connectivity index (χ4n) is 5.36. The molecule has 0 radical (unpaired) electrons. The second-order valence-corrected chi connectivity index (χ2v) is 10.8. The van der Waals surface area contributed by atoms with Crippen molar-refractivity contribution in [3.63, 3.8) is 0 Å². The van der Waals surface area contributed by atoms with Crippen LogP contribution in [0.5, 0.6) is 0 Å². The van der Waals surface area contributed by atoms with Gasteiger partial charge in [0.05, 0.1) is 10.2 Å². The van der Waals surface area contributed by atoms with Gasteiger partial charge >= 0.3 is 0 Å². The van der Waals surface area contributed by atoms with Crippen molar-refractivity contribution in [2.24, 2.45) is 5.92 Å². The molecule has 5 heteroatoms. The summed E-state index contributed by atoms with van der Waals surface area (Å²) in [7, 11) is 0. The molecule has 0 spiro atoms. The van der Waals surface area contributed by atoms with Gasteiger partial charge in [-0.1, -0.05) is 44.9 Å². The zero-order chi connectivity index (χ0) is 20.1. The molecule has 0 amide bonds. The Kier molecular flexibility index (Phi) is 7.77. The van der Waals surface area contributed by atoms with E-state index >= 15 is 0 Å². The first-order valence-corrected chi connectivity index (χ1v) is 13.0. The van der Waals surface area contributed by atoms with Gasteiger partial charge in [-0.3, -0.25) is 0 Å². The SMILES string of the molecule is Fc1ccc2c(c1)sc(=S)n2CCCCCCC1CCN(C2CCCCC2)CC1. The number of hydrogen-bond donors (Lipinski definition) is 0. The fraction of sp³-hybridized carbons (Fsp3) is 0.708. The maximum atomic E-state index is 13.4. The molecule has 1 aliphatic carbocycles. The number of halogens is 1. The maximum Gasteiger partial charge on any atom is 0.162 e. The van der Waals surface area contributed by atoms with Gasteiger partial charge in [0.2, 0.25) is 0 Å². The lowest BCUT2D eigenvalue weighted by Crippen LogP contribution is -2.42. The lowest BCUT2D eigenvalue weighted by atomic mass is 9.88. The van der Waals surface area contributed by atoms with Crippen molar-refractivity contribution in [1.29, 1.82) is 0 Å². The number of unbranched alkanes of at least 4 members (excludes halogenated alkanes) is 3. The van der Waals surface area contributed by atoms with E-state index in [1.165, 1.54) is 95.1 Å². The van der Waals surface area contributed by atoms with Crippen molar-refractivity contribution in [2.45, 2.75) is 89.6 Å². The van der Waals surface area contributed by atoms with E-state index in [0.29, 0.717) is 0 Å². The molecule has 29 heavy (non-hydrogen) atoms. The summed E-state index contributed by atoms with van der Waals surface area (Å²) in [5, 5.41) is 0. The van der Waals surface area contributed by atoms with Gasteiger partial charge in [0, 0.05) is 12.6 Å². The molecule has 0 atom stereocenters. The Balaban J connectivity index is 1.12. The van der Waals surface area contributed by atoms with E-state index in [4.69, 9.17) is 12.2 Å². The zero-order valence-electron chi connectivity index (χ0n) is 17.6. The van der Waals surface area contributed by atoms with Crippen LogP contribution in [0.15, 0.2) is 18.2 Å². The van der Waals surface area contributed by atoms with E-state index in [9.17, 15) is 4.39 Å². The Morgan fingerprint density at radius 3 is 2.52 bits per heavy atom. The molecule has 0 N–H and O–H groups in total. The Morgan fingerprint density at radius 2 is 1.72 bits per heavy atom. The third kappa shape index (κ3) is 5.68. The van der Waals surface area contributed by atoms with E-state index < -0.39 is 0 Å². The predicted molar refractivity (Wildman–Crippen MR) is 125 cm³/mol. The minimum atomic E-state index is -0.175. The lowest BCUT2D eigenvalue weighted by Gasteiger charge is -2.39. The third-order valence-electron chi connectivity index (χ3n) is 7.11. The van der Waals surface area contributed by atoms with Crippen molar-refractivity contribution < 1.29 is 4.39 Å². The van der Waals surface area contributed by atoms with Crippen LogP contribution in [0.25, 0.3) is 10.2 Å². The van der Waals surface area contributed by atoms with E-state index in [1.807, 2.05) is 6.07 Å². The molecule has 1 aromatic carbocycles. The summed E-state index contributed by atoms with van der Waals surface area (Å²) >= 11 is 7.02. The quantitative estimate of drug-likeness (QED) is 0.313. The van der Waals surface area contributed by atoms with Crippen molar-refractivity contribution in [3.8, 4) is 0 Å². The molecule has 2 heterocycles. The number of nitrogens with zero attached hydrogens (tertiary/aromatic N) is 2. The number of aromatic nitrogens is 1. The molecule has 0 unspecified atom stereocenters. The molecule has 0 bridgehead atoms. The van der Waals surface area contributed by atoms with Gasteiger partial charge in [-0.15, -0.1) is 11.3 Å². The number of thiazole rings is 1. The summed E-state index contributed by atoms with van der Waals surface area (Å²) in [4.78, 5) is 2.80. The summed E-state index contributed by atoms with van der Waals surface area (Å²) in [6, 6.07) is 5.92. The van der Waals surface area contributed by atoms with Crippen LogP contribution in [-0.2, 0) is 6.54 Å². The smallest absolute Gasteiger partial charge is 0.162 e. The highest BCUT2D eigenvalue weighted by molar-refractivity contribution is 7.73. The molecule has 2 aromatic rings. The molecule has 1 aliphatic heterocycles. The van der Waals surface area contributed by atoms with Crippen LogP contribution in [0.2, 0.25) is 0 Å². The zero-order valence-corrected chi connectivity index (χ0v) is 19.2. The lowest BCUT2D eigenvalue weighted by molar-refractivity contribution is 0.103. The van der Waals surface area contributed by atoms with Crippen LogP contribution in [0, 0.1) is 15.7 Å². The topological polar surface area (TPSA) is 8.17 Å². The molecule has 2 fully saturated rings. The van der Waals surface area contributed by atoms with E-state index in [0.717, 1.165) is 39.1 Å². The fourth-order valence-corrected chi connectivity index (χ4v) is 6.76. The number of benzene rings is 1. The van der Waals surface area contributed by atoms with Gasteiger partial charge in [0.25, 0.3) is 0 Å². The van der Waals surface area contributed by atoms with Gasteiger partial charge in [-0.05, 0) is 81.5 Å². The average Bonchev–Trinajstić information content (AvgIpc) is 3.05. The summed E-state index contributed by atoms with van der Waals surface area (Å²) in [5.41, 5.74) is 1.09. The van der Waals surface area contributed by atoms with E-state index in [-0.39, 0.29) is 5.82 Å². The van der Waals surface area contributed by atoms with Crippen LogP contribution in [0.4, 0.5) is 4.39 Å². The Bertz CT molecular complexity index is 829. The molecule has 1 saturated heterocycles. The third-order valence-corrected chi connectivity index (χ3v) is 8.53. The minimum Gasteiger partial charge on any atom is -0.323 e. The monoisotopic (exact) mass is 434 g/mol. The second-order valence-electron chi connectivity index (χ2n) is 9.11. The summed E-state index contributed by atoms with van der Waals surface area (Å²) in [5.74, 6) is 0.782. The predicted octanol–water partition coefficient (Wildman–Crippen LogP) is 7.57. The van der Waals surface area contributed by atoms with Crippen LogP contribution >= 0.6 is 23.6 Å². The Labute approximate surface area is 184 Å². The number of aryl methyl sites for hydroxylation is 1. The molecule has 160 valence electrons. The van der Waals surface area contributed by atoms with Crippen molar-refractivity contribution in [2.75, 3.05) is 13.1 Å². The van der Waals surface area contributed by atoms with Crippen molar-refractivity contribution >= 4 is 33.8 Å². The van der Waals surface area contributed by atoms with Gasteiger partial charge < -0.3 is 9.47 Å². The Hall–Kier alpha value is -0.780. The first-order chi connectivity index (χ1) is 14.2. The first kappa shape index (κ1) is 21.5. The first-order valence-electron chi connectivity index (χ1n) is 11.7. The normalized spacial score (nSPS) is 19.9. The van der Waals surface area contributed by atoms with Gasteiger partial charge in [0.1, 0.15) is 5.82 Å².